The highest BCUT2D eigenvalue weighted by Gasteiger charge is 2.47. The number of ketones is 1. The lowest BCUT2D eigenvalue weighted by molar-refractivity contribution is -0.132. The van der Waals surface area contributed by atoms with E-state index in [-0.39, 0.29) is 16.7 Å². The number of ether oxygens (including phenoxy) is 2. The van der Waals surface area contributed by atoms with Gasteiger partial charge in [-0.15, -0.1) is 0 Å². The molecule has 2 aliphatic rings. The van der Waals surface area contributed by atoms with Gasteiger partial charge in [0.15, 0.2) is 0 Å². The standard InChI is InChI=1S/C32H33NO5/c1-5-37-25-15-13-24(14-16-25)33-28(20-8-11-23(12-9-20)32(2,3)4)27(30(35)31(33)36)29(34)22-10-17-26-21(19-22)7-6-18-38-26/h8-17,19,28,34H,5-7,18H2,1-4H3/b29-27-. The number of aliphatic hydroxyl groups is 1. The second kappa shape index (κ2) is 10.0. The number of Topliss-reactive ketones (excluding diaryl/α,β-unsaturated/α-hetero) is 1. The summed E-state index contributed by atoms with van der Waals surface area (Å²) in [6, 6.07) is 19.6. The number of nitrogens with zero attached hydrogens (tertiary/aromatic N) is 1. The first kappa shape index (κ1) is 25.6. The molecule has 0 saturated carbocycles. The van der Waals surface area contributed by atoms with Crippen molar-refractivity contribution in [3.05, 3.63) is 94.6 Å². The molecule has 3 aromatic carbocycles. The molecular weight excluding hydrogens is 478 g/mol. The molecule has 0 aromatic heterocycles. The highest BCUT2D eigenvalue weighted by molar-refractivity contribution is 6.51. The average molecular weight is 512 g/mol. The van der Waals surface area contributed by atoms with E-state index in [0.29, 0.717) is 30.2 Å². The average Bonchev–Trinajstić information content (AvgIpc) is 3.18. The zero-order chi connectivity index (χ0) is 27.0. The monoisotopic (exact) mass is 511 g/mol. The van der Waals surface area contributed by atoms with E-state index in [1.807, 2.05) is 43.3 Å². The van der Waals surface area contributed by atoms with E-state index in [2.05, 4.69) is 20.8 Å². The number of anilines is 1. The Bertz CT molecular complexity index is 1400. The zero-order valence-electron chi connectivity index (χ0n) is 22.3. The third-order valence-electron chi connectivity index (χ3n) is 7.14. The summed E-state index contributed by atoms with van der Waals surface area (Å²) in [7, 11) is 0. The smallest absolute Gasteiger partial charge is 0.300 e. The summed E-state index contributed by atoms with van der Waals surface area (Å²) in [4.78, 5) is 28.5. The van der Waals surface area contributed by atoms with Crippen LogP contribution in [0.15, 0.2) is 72.3 Å². The summed E-state index contributed by atoms with van der Waals surface area (Å²) in [5.74, 6) is -0.112. The fourth-order valence-electron chi connectivity index (χ4n) is 5.11. The van der Waals surface area contributed by atoms with Gasteiger partial charge in [0.2, 0.25) is 0 Å². The number of hydrogen-bond acceptors (Lipinski definition) is 5. The Morgan fingerprint density at radius 3 is 2.39 bits per heavy atom. The van der Waals surface area contributed by atoms with E-state index in [9.17, 15) is 14.7 Å². The number of carbonyl (C=O) groups excluding carboxylic acids is 2. The summed E-state index contributed by atoms with van der Waals surface area (Å²) >= 11 is 0. The van der Waals surface area contributed by atoms with Crippen molar-refractivity contribution < 1.29 is 24.2 Å². The lowest BCUT2D eigenvalue weighted by Gasteiger charge is -2.27. The zero-order valence-corrected chi connectivity index (χ0v) is 22.3. The minimum Gasteiger partial charge on any atom is -0.507 e. The predicted molar refractivity (Wildman–Crippen MR) is 148 cm³/mol. The first-order valence-electron chi connectivity index (χ1n) is 13.1. The van der Waals surface area contributed by atoms with Crippen LogP contribution in [0.3, 0.4) is 0 Å². The van der Waals surface area contributed by atoms with Gasteiger partial charge in [-0.2, -0.15) is 0 Å². The molecule has 3 aromatic rings. The molecule has 5 rings (SSSR count). The molecule has 0 radical (unpaired) electrons. The van der Waals surface area contributed by atoms with Crippen LogP contribution in [0.25, 0.3) is 5.76 Å². The van der Waals surface area contributed by atoms with Crippen LogP contribution in [0.1, 0.15) is 62.4 Å². The number of carbonyl (C=O) groups is 2. The van der Waals surface area contributed by atoms with Crippen molar-refractivity contribution in [2.24, 2.45) is 0 Å². The van der Waals surface area contributed by atoms with Gasteiger partial charge in [0.1, 0.15) is 17.3 Å². The molecule has 1 N–H and O–H groups in total. The highest BCUT2D eigenvalue weighted by atomic mass is 16.5. The molecule has 0 bridgehead atoms. The summed E-state index contributed by atoms with van der Waals surface area (Å²) in [6.07, 6.45) is 1.72. The molecule has 196 valence electrons. The first-order valence-corrected chi connectivity index (χ1v) is 13.1. The molecule has 38 heavy (non-hydrogen) atoms. The second-order valence-corrected chi connectivity index (χ2v) is 10.7. The van der Waals surface area contributed by atoms with Crippen LogP contribution in [-0.4, -0.2) is 30.0 Å². The van der Waals surface area contributed by atoms with E-state index in [0.717, 1.165) is 35.3 Å². The van der Waals surface area contributed by atoms with Crippen LogP contribution < -0.4 is 14.4 Å². The van der Waals surface area contributed by atoms with Gasteiger partial charge in [-0.05, 0) is 84.3 Å². The number of hydrogen-bond donors (Lipinski definition) is 1. The van der Waals surface area contributed by atoms with Gasteiger partial charge in [-0.3, -0.25) is 14.5 Å². The van der Waals surface area contributed by atoms with Gasteiger partial charge < -0.3 is 14.6 Å². The van der Waals surface area contributed by atoms with Crippen molar-refractivity contribution in [3.63, 3.8) is 0 Å². The summed E-state index contributed by atoms with van der Waals surface area (Å²) in [6.45, 7) is 9.49. The third-order valence-corrected chi connectivity index (χ3v) is 7.14. The van der Waals surface area contributed by atoms with Crippen molar-refractivity contribution in [1.82, 2.24) is 0 Å². The van der Waals surface area contributed by atoms with Crippen LogP contribution in [-0.2, 0) is 21.4 Å². The van der Waals surface area contributed by atoms with Gasteiger partial charge in [0.25, 0.3) is 11.7 Å². The Kier molecular flexibility index (Phi) is 6.74. The molecule has 0 spiro atoms. The molecule has 6 heteroatoms. The van der Waals surface area contributed by atoms with Gasteiger partial charge in [-0.25, -0.2) is 0 Å². The fourth-order valence-corrected chi connectivity index (χ4v) is 5.11. The van der Waals surface area contributed by atoms with Crippen molar-refractivity contribution >= 4 is 23.1 Å². The van der Waals surface area contributed by atoms with Crippen LogP contribution >= 0.6 is 0 Å². The predicted octanol–water partition coefficient (Wildman–Crippen LogP) is 6.33. The van der Waals surface area contributed by atoms with E-state index >= 15 is 0 Å². The fraction of sp³-hybridized carbons (Fsp3) is 0.312. The van der Waals surface area contributed by atoms with Gasteiger partial charge in [0.05, 0.1) is 24.8 Å². The maximum absolute atomic E-state index is 13.5. The molecule has 2 heterocycles. The maximum Gasteiger partial charge on any atom is 0.300 e. The number of amides is 1. The lowest BCUT2D eigenvalue weighted by Crippen LogP contribution is -2.29. The largest absolute Gasteiger partial charge is 0.507 e. The highest BCUT2D eigenvalue weighted by Crippen LogP contribution is 2.43. The van der Waals surface area contributed by atoms with E-state index in [4.69, 9.17) is 9.47 Å². The second-order valence-electron chi connectivity index (χ2n) is 10.7. The molecule has 1 atom stereocenters. The minimum atomic E-state index is -0.783. The number of aliphatic hydroxyl groups excluding tert-OH is 1. The summed E-state index contributed by atoms with van der Waals surface area (Å²) in [5.41, 5.74) is 3.92. The van der Waals surface area contributed by atoms with Crippen molar-refractivity contribution in [2.75, 3.05) is 18.1 Å². The topological polar surface area (TPSA) is 76.1 Å². The normalized spacial score (nSPS) is 18.7. The SMILES string of the molecule is CCOc1ccc(N2C(=O)C(=O)/C(=C(\O)c3ccc4c(c3)CCCO4)C2c2ccc(C(C)(C)C)cc2)cc1. The van der Waals surface area contributed by atoms with E-state index in [1.54, 1.807) is 30.3 Å². The number of aryl methyl sites for hydroxylation is 1. The van der Waals surface area contributed by atoms with Crippen molar-refractivity contribution in [2.45, 2.75) is 52.0 Å². The molecule has 1 unspecified atom stereocenters. The first-order chi connectivity index (χ1) is 18.2. The number of benzene rings is 3. The maximum atomic E-state index is 13.5. The molecule has 0 aliphatic carbocycles. The van der Waals surface area contributed by atoms with Crippen molar-refractivity contribution in [1.29, 1.82) is 0 Å². The Morgan fingerprint density at radius 1 is 1.03 bits per heavy atom. The number of rotatable bonds is 5. The molecule has 1 saturated heterocycles. The molecule has 2 aliphatic heterocycles. The van der Waals surface area contributed by atoms with Gasteiger partial charge in [0, 0.05) is 11.3 Å². The van der Waals surface area contributed by atoms with E-state index < -0.39 is 17.7 Å². The van der Waals surface area contributed by atoms with Gasteiger partial charge >= 0.3 is 0 Å². The summed E-state index contributed by atoms with van der Waals surface area (Å²) < 4.78 is 11.3. The molecule has 1 fully saturated rings. The molecule has 1 amide bonds. The van der Waals surface area contributed by atoms with Crippen LogP contribution in [0.5, 0.6) is 11.5 Å². The van der Waals surface area contributed by atoms with Gasteiger partial charge in [-0.1, -0.05) is 45.0 Å². The lowest BCUT2D eigenvalue weighted by atomic mass is 9.85. The van der Waals surface area contributed by atoms with E-state index in [1.165, 1.54) is 4.90 Å². The quantitative estimate of drug-likeness (QED) is 0.246. The Balaban J connectivity index is 1.65. The summed E-state index contributed by atoms with van der Waals surface area (Å²) in [5, 5.41) is 11.5. The Morgan fingerprint density at radius 2 is 1.74 bits per heavy atom. The van der Waals surface area contributed by atoms with Crippen molar-refractivity contribution in [3.8, 4) is 11.5 Å². The van der Waals surface area contributed by atoms with Crippen LogP contribution in [0, 0.1) is 0 Å². The minimum absolute atomic E-state index is 0.0549. The Labute approximate surface area is 223 Å². The molecular formula is C32H33NO5. The third kappa shape index (κ3) is 4.67. The molecule has 6 nitrogen and oxygen atoms in total. The Hall–Kier alpha value is -4.06. The van der Waals surface area contributed by atoms with Crippen LogP contribution in [0.4, 0.5) is 5.69 Å². The van der Waals surface area contributed by atoms with Crippen LogP contribution in [0.2, 0.25) is 0 Å². The number of fused-ring (bicyclic) bond motifs is 1.